The standard InChI is InChI=1S/C16H21BrFNOS/c1-19-15(12-3-2-4-13(17)14(12)18)11-5-7-20-16(9-11)6-8-21-10-16/h2-4,11,15,19H,5-10H2,1H3. The Balaban J connectivity index is 1.84. The highest BCUT2D eigenvalue weighted by atomic mass is 79.9. The van der Waals surface area contributed by atoms with Crippen LogP contribution in [-0.2, 0) is 4.74 Å². The van der Waals surface area contributed by atoms with Gasteiger partial charge in [0.15, 0.2) is 0 Å². The van der Waals surface area contributed by atoms with Crippen LogP contribution in [0.25, 0.3) is 0 Å². The molecule has 1 N–H and O–H groups in total. The van der Waals surface area contributed by atoms with Gasteiger partial charge in [-0.25, -0.2) is 4.39 Å². The molecule has 2 saturated heterocycles. The van der Waals surface area contributed by atoms with Crippen molar-refractivity contribution >= 4 is 27.7 Å². The summed E-state index contributed by atoms with van der Waals surface area (Å²) in [5.41, 5.74) is 0.796. The van der Waals surface area contributed by atoms with Gasteiger partial charge in [0.1, 0.15) is 5.82 Å². The van der Waals surface area contributed by atoms with Crippen LogP contribution in [0.2, 0.25) is 0 Å². The van der Waals surface area contributed by atoms with Gasteiger partial charge < -0.3 is 10.1 Å². The molecule has 3 rings (SSSR count). The van der Waals surface area contributed by atoms with E-state index in [1.807, 2.05) is 30.9 Å². The summed E-state index contributed by atoms with van der Waals surface area (Å²) in [6.07, 6.45) is 3.15. The van der Waals surface area contributed by atoms with Gasteiger partial charge in [-0.1, -0.05) is 12.1 Å². The van der Waals surface area contributed by atoms with E-state index < -0.39 is 0 Å². The Morgan fingerprint density at radius 1 is 1.52 bits per heavy atom. The van der Waals surface area contributed by atoms with Gasteiger partial charge in [0, 0.05) is 24.0 Å². The molecular weight excluding hydrogens is 353 g/mol. The number of hydrogen-bond donors (Lipinski definition) is 1. The molecule has 1 aromatic carbocycles. The largest absolute Gasteiger partial charge is 0.374 e. The summed E-state index contributed by atoms with van der Waals surface area (Å²) in [5, 5.41) is 3.34. The highest BCUT2D eigenvalue weighted by molar-refractivity contribution is 9.10. The predicted octanol–water partition coefficient (Wildman–Crippen LogP) is 4.15. The van der Waals surface area contributed by atoms with Gasteiger partial charge in [-0.3, -0.25) is 0 Å². The Hall–Kier alpha value is -0.100. The van der Waals surface area contributed by atoms with E-state index in [0.29, 0.717) is 10.4 Å². The van der Waals surface area contributed by atoms with Crippen molar-refractivity contribution in [1.29, 1.82) is 0 Å². The summed E-state index contributed by atoms with van der Waals surface area (Å²) >= 11 is 5.27. The lowest BCUT2D eigenvalue weighted by Crippen LogP contribution is -2.43. The summed E-state index contributed by atoms with van der Waals surface area (Å²) in [7, 11) is 1.93. The molecule has 3 unspecified atom stereocenters. The van der Waals surface area contributed by atoms with Crippen molar-refractivity contribution in [3.05, 3.63) is 34.1 Å². The number of benzene rings is 1. The minimum atomic E-state index is -0.141. The predicted molar refractivity (Wildman–Crippen MR) is 89.2 cm³/mol. The van der Waals surface area contributed by atoms with Gasteiger partial charge in [-0.2, -0.15) is 11.8 Å². The zero-order valence-electron chi connectivity index (χ0n) is 12.2. The van der Waals surface area contributed by atoms with Crippen molar-refractivity contribution in [2.75, 3.05) is 25.2 Å². The van der Waals surface area contributed by atoms with Crippen LogP contribution in [0.3, 0.4) is 0 Å². The molecule has 0 saturated carbocycles. The molecule has 2 aliphatic heterocycles. The van der Waals surface area contributed by atoms with Crippen LogP contribution in [0.1, 0.15) is 30.9 Å². The number of thioether (sulfide) groups is 1. The van der Waals surface area contributed by atoms with E-state index in [2.05, 4.69) is 21.2 Å². The quantitative estimate of drug-likeness (QED) is 0.859. The molecule has 2 heterocycles. The van der Waals surface area contributed by atoms with E-state index in [-0.39, 0.29) is 17.5 Å². The molecule has 0 radical (unpaired) electrons. The van der Waals surface area contributed by atoms with Crippen LogP contribution in [0, 0.1) is 11.7 Å². The van der Waals surface area contributed by atoms with Gasteiger partial charge in [-0.15, -0.1) is 0 Å². The zero-order chi connectivity index (χ0) is 14.9. The summed E-state index contributed by atoms with van der Waals surface area (Å²) in [4.78, 5) is 0. The monoisotopic (exact) mass is 373 g/mol. The van der Waals surface area contributed by atoms with Crippen molar-refractivity contribution in [2.45, 2.75) is 30.9 Å². The second-order valence-corrected chi connectivity index (χ2v) is 7.96. The van der Waals surface area contributed by atoms with Crippen LogP contribution in [-0.4, -0.2) is 30.8 Å². The third-order valence-corrected chi connectivity index (χ3v) is 6.53. The summed E-state index contributed by atoms with van der Waals surface area (Å²) in [6.45, 7) is 0.791. The van der Waals surface area contributed by atoms with E-state index >= 15 is 0 Å². The van der Waals surface area contributed by atoms with E-state index in [9.17, 15) is 4.39 Å². The summed E-state index contributed by atoms with van der Waals surface area (Å²) < 4.78 is 21.1. The molecule has 5 heteroatoms. The molecule has 0 aromatic heterocycles. The summed E-state index contributed by atoms with van der Waals surface area (Å²) in [5.74, 6) is 2.55. The van der Waals surface area contributed by atoms with Crippen LogP contribution in [0.15, 0.2) is 22.7 Å². The van der Waals surface area contributed by atoms with E-state index in [4.69, 9.17) is 4.74 Å². The molecule has 2 aliphatic rings. The number of ether oxygens (including phenoxy) is 1. The van der Waals surface area contributed by atoms with Crippen LogP contribution in [0.5, 0.6) is 0 Å². The fourth-order valence-corrected chi connectivity index (χ4v) is 5.38. The maximum atomic E-state index is 14.4. The van der Waals surface area contributed by atoms with Gasteiger partial charge in [0.2, 0.25) is 0 Å². The average molecular weight is 374 g/mol. The summed E-state index contributed by atoms with van der Waals surface area (Å²) in [6, 6.07) is 5.61. The molecule has 0 bridgehead atoms. The lowest BCUT2D eigenvalue weighted by molar-refractivity contribution is -0.0852. The fourth-order valence-electron chi connectivity index (χ4n) is 3.62. The van der Waals surface area contributed by atoms with Gasteiger partial charge in [0.05, 0.1) is 10.1 Å². The maximum Gasteiger partial charge on any atom is 0.142 e. The smallest absolute Gasteiger partial charge is 0.142 e. The average Bonchev–Trinajstić information content (AvgIpc) is 2.92. The molecular formula is C16H21BrFNOS. The SMILES string of the molecule is CNC(c1cccc(Br)c1F)C1CCOC2(CCSC2)C1. The Morgan fingerprint density at radius 2 is 2.38 bits per heavy atom. The van der Waals surface area contributed by atoms with E-state index in [0.717, 1.165) is 37.2 Å². The highest BCUT2D eigenvalue weighted by Crippen LogP contribution is 2.44. The van der Waals surface area contributed by atoms with Crippen LogP contribution < -0.4 is 5.32 Å². The molecule has 2 nitrogen and oxygen atoms in total. The van der Waals surface area contributed by atoms with Crippen molar-refractivity contribution in [3.63, 3.8) is 0 Å². The first-order valence-electron chi connectivity index (χ1n) is 7.48. The fraction of sp³-hybridized carbons (Fsp3) is 0.625. The first-order chi connectivity index (χ1) is 10.2. The molecule has 0 aliphatic carbocycles. The Morgan fingerprint density at radius 3 is 3.10 bits per heavy atom. The lowest BCUT2D eigenvalue weighted by Gasteiger charge is -2.41. The maximum absolute atomic E-state index is 14.4. The van der Waals surface area contributed by atoms with Crippen molar-refractivity contribution in [1.82, 2.24) is 5.32 Å². The zero-order valence-corrected chi connectivity index (χ0v) is 14.6. The Kier molecular flexibility index (Phi) is 4.94. The minimum absolute atomic E-state index is 0.0329. The lowest BCUT2D eigenvalue weighted by atomic mass is 9.79. The molecule has 0 amide bonds. The van der Waals surface area contributed by atoms with Gasteiger partial charge in [0.25, 0.3) is 0 Å². The second kappa shape index (κ2) is 6.57. The van der Waals surface area contributed by atoms with Gasteiger partial charge >= 0.3 is 0 Å². The van der Waals surface area contributed by atoms with Crippen molar-refractivity contribution < 1.29 is 9.13 Å². The number of nitrogens with one attached hydrogen (secondary N) is 1. The third-order valence-electron chi connectivity index (χ3n) is 4.70. The van der Waals surface area contributed by atoms with Crippen molar-refractivity contribution in [2.24, 2.45) is 5.92 Å². The number of rotatable bonds is 3. The molecule has 3 atom stereocenters. The Labute approximate surface area is 138 Å². The van der Waals surface area contributed by atoms with Crippen LogP contribution in [0.4, 0.5) is 4.39 Å². The van der Waals surface area contributed by atoms with Crippen molar-refractivity contribution in [3.8, 4) is 0 Å². The molecule has 1 spiro atoms. The first kappa shape index (κ1) is 15.8. The van der Waals surface area contributed by atoms with Crippen LogP contribution >= 0.6 is 27.7 Å². The second-order valence-electron chi connectivity index (χ2n) is 6.00. The highest BCUT2D eigenvalue weighted by Gasteiger charge is 2.42. The number of hydrogen-bond acceptors (Lipinski definition) is 3. The molecule has 116 valence electrons. The molecule has 2 fully saturated rings. The number of halogens is 2. The molecule has 21 heavy (non-hydrogen) atoms. The normalized spacial score (nSPS) is 30.7. The van der Waals surface area contributed by atoms with E-state index in [1.165, 1.54) is 5.75 Å². The first-order valence-corrected chi connectivity index (χ1v) is 9.43. The Bertz CT molecular complexity index is 507. The third kappa shape index (κ3) is 3.16. The topological polar surface area (TPSA) is 21.3 Å². The minimum Gasteiger partial charge on any atom is -0.374 e. The molecule has 1 aromatic rings. The van der Waals surface area contributed by atoms with E-state index in [1.54, 1.807) is 6.07 Å². The van der Waals surface area contributed by atoms with Gasteiger partial charge in [-0.05, 0) is 60.0 Å².